The molecule has 144 valence electrons. The molecule has 1 atom stereocenters. The van der Waals surface area contributed by atoms with Crippen molar-refractivity contribution in [1.29, 1.82) is 0 Å². The second kappa shape index (κ2) is 7.23. The minimum Gasteiger partial charge on any atom is -0.487 e. The van der Waals surface area contributed by atoms with Crippen LogP contribution in [-0.4, -0.2) is 55.7 Å². The maximum absolute atomic E-state index is 13.0. The van der Waals surface area contributed by atoms with Gasteiger partial charge in [-0.15, -0.1) is 0 Å². The topological polar surface area (TPSA) is 81.0 Å². The van der Waals surface area contributed by atoms with Crippen molar-refractivity contribution in [3.05, 3.63) is 29.5 Å². The van der Waals surface area contributed by atoms with Crippen LogP contribution >= 0.6 is 0 Å². The van der Waals surface area contributed by atoms with E-state index in [0.29, 0.717) is 42.0 Å². The number of hydrogen-bond acceptors (Lipinski definition) is 5. The third-order valence-electron chi connectivity index (χ3n) is 5.34. The summed E-state index contributed by atoms with van der Waals surface area (Å²) in [6.07, 6.45) is 3.22. The van der Waals surface area contributed by atoms with Crippen molar-refractivity contribution in [3.63, 3.8) is 0 Å². The van der Waals surface area contributed by atoms with Crippen molar-refractivity contribution >= 4 is 22.8 Å². The second-order valence-corrected chi connectivity index (χ2v) is 7.22. The van der Waals surface area contributed by atoms with Gasteiger partial charge in [-0.05, 0) is 44.4 Å². The quantitative estimate of drug-likeness (QED) is 0.872. The van der Waals surface area contributed by atoms with Crippen LogP contribution in [0.25, 0.3) is 11.0 Å². The summed E-state index contributed by atoms with van der Waals surface area (Å²) < 4.78 is 16.8. The molecule has 1 aromatic carbocycles. The van der Waals surface area contributed by atoms with E-state index in [4.69, 9.17) is 13.9 Å². The highest BCUT2D eigenvalue weighted by Gasteiger charge is 2.33. The third-order valence-corrected chi connectivity index (χ3v) is 5.34. The lowest BCUT2D eigenvalue weighted by molar-refractivity contribution is 0.0574. The second-order valence-electron chi connectivity index (χ2n) is 7.22. The summed E-state index contributed by atoms with van der Waals surface area (Å²) in [5.41, 5.74) is 1.01. The van der Waals surface area contributed by atoms with E-state index < -0.39 is 0 Å². The molecule has 1 aromatic heterocycles. The van der Waals surface area contributed by atoms with Crippen LogP contribution in [0.15, 0.2) is 22.6 Å². The predicted octanol–water partition coefficient (Wildman–Crippen LogP) is 2.58. The molecule has 0 spiro atoms. The Morgan fingerprint density at radius 3 is 2.89 bits per heavy atom. The first kappa shape index (κ1) is 17.9. The molecular weight excluding hydrogens is 348 g/mol. The van der Waals surface area contributed by atoms with Crippen LogP contribution in [0.3, 0.4) is 0 Å². The molecule has 1 aliphatic heterocycles. The van der Waals surface area contributed by atoms with Crippen molar-refractivity contribution in [3.8, 4) is 5.75 Å². The fourth-order valence-electron chi connectivity index (χ4n) is 3.46. The van der Waals surface area contributed by atoms with Crippen molar-refractivity contribution in [2.45, 2.75) is 38.3 Å². The number of hydrogen-bond donors (Lipinski definition) is 1. The van der Waals surface area contributed by atoms with Crippen LogP contribution in [0.5, 0.6) is 5.75 Å². The smallest absolute Gasteiger partial charge is 0.293 e. The van der Waals surface area contributed by atoms with Crippen LogP contribution < -0.4 is 10.1 Å². The number of nitrogens with one attached hydrogen (secondary N) is 1. The van der Waals surface area contributed by atoms with Gasteiger partial charge in [-0.3, -0.25) is 9.59 Å². The van der Waals surface area contributed by atoms with Gasteiger partial charge < -0.3 is 24.1 Å². The van der Waals surface area contributed by atoms with Gasteiger partial charge in [-0.2, -0.15) is 0 Å². The number of nitrogens with zero attached hydrogens (tertiary/aromatic N) is 1. The van der Waals surface area contributed by atoms with Crippen LogP contribution in [0.2, 0.25) is 0 Å². The Kier molecular flexibility index (Phi) is 4.78. The van der Waals surface area contributed by atoms with Gasteiger partial charge in [0.1, 0.15) is 12.2 Å². The van der Waals surface area contributed by atoms with Crippen LogP contribution in [-0.2, 0) is 4.74 Å². The highest BCUT2D eigenvalue weighted by atomic mass is 16.5. The summed E-state index contributed by atoms with van der Waals surface area (Å²) in [5, 5.41) is 3.72. The van der Waals surface area contributed by atoms with Gasteiger partial charge in [0.05, 0.1) is 18.0 Å². The summed E-state index contributed by atoms with van der Waals surface area (Å²) >= 11 is 0. The van der Waals surface area contributed by atoms with Gasteiger partial charge >= 0.3 is 0 Å². The first-order valence-corrected chi connectivity index (χ1v) is 9.38. The van der Waals surface area contributed by atoms with E-state index in [2.05, 4.69) is 5.32 Å². The molecule has 0 unspecified atom stereocenters. The van der Waals surface area contributed by atoms with Gasteiger partial charge in [0.25, 0.3) is 11.8 Å². The number of furan rings is 1. The van der Waals surface area contributed by atoms with E-state index in [-0.39, 0.29) is 29.7 Å². The minimum absolute atomic E-state index is 0.0853. The number of rotatable bonds is 5. The maximum atomic E-state index is 13.0. The molecule has 2 amide bonds. The maximum Gasteiger partial charge on any atom is 0.293 e. The molecule has 2 aromatic rings. The van der Waals surface area contributed by atoms with Gasteiger partial charge in [0.15, 0.2) is 5.75 Å². The summed E-state index contributed by atoms with van der Waals surface area (Å²) in [6.45, 7) is 3.22. The average Bonchev–Trinajstić information content (AvgIpc) is 2.95. The van der Waals surface area contributed by atoms with E-state index in [1.54, 1.807) is 30.2 Å². The molecule has 0 bridgehead atoms. The number of methoxy groups -OCH3 is 1. The number of fused-ring (bicyclic) bond motifs is 3. The Balaban J connectivity index is 1.64. The lowest BCUT2D eigenvalue weighted by Gasteiger charge is -2.26. The summed E-state index contributed by atoms with van der Waals surface area (Å²) in [5.74, 6) is 0.300. The zero-order valence-corrected chi connectivity index (χ0v) is 15.6. The zero-order valence-electron chi connectivity index (χ0n) is 15.6. The van der Waals surface area contributed by atoms with Gasteiger partial charge in [-0.1, -0.05) is 0 Å². The van der Waals surface area contributed by atoms with Crippen molar-refractivity contribution < 1.29 is 23.5 Å². The number of amides is 2. The molecule has 7 nitrogen and oxygen atoms in total. The molecule has 4 rings (SSSR count). The molecule has 0 saturated heterocycles. The third kappa shape index (κ3) is 3.27. The van der Waals surface area contributed by atoms with Gasteiger partial charge in [0, 0.05) is 25.3 Å². The Bertz CT molecular complexity index is 871. The molecule has 1 fully saturated rings. The van der Waals surface area contributed by atoms with E-state index in [9.17, 15) is 9.59 Å². The lowest BCUT2D eigenvalue weighted by Crippen LogP contribution is -2.41. The zero-order chi connectivity index (χ0) is 19.0. The fraction of sp³-hybridized carbons (Fsp3) is 0.500. The van der Waals surface area contributed by atoms with E-state index in [0.717, 1.165) is 19.3 Å². The predicted molar refractivity (Wildman–Crippen MR) is 99.2 cm³/mol. The largest absolute Gasteiger partial charge is 0.487 e. The monoisotopic (exact) mass is 372 g/mol. The number of carbonyl (C=O) groups is 2. The van der Waals surface area contributed by atoms with Crippen molar-refractivity contribution in [2.75, 3.05) is 26.9 Å². The van der Waals surface area contributed by atoms with Crippen molar-refractivity contribution in [1.82, 2.24) is 10.2 Å². The van der Waals surface area contributed by atoms with E-state index in [1.165, 1.54) is 0 Å². The molecule has 1 saturated carbocycles. The molecule has 1 aliphatic carbocycles. The highest BCUT2D eigenvalue weighted by Crippen LogP contribution is 2.36. The number of ether oxygens (including phenoxy) is 2. The first-order valence-electron chi connectivity index (χ1n) is 9.38. The summed E-state index contributed by atoms with van der Waals surface area (Å²) in [4.78, 5) is 27.0. The molecule has 1 N–H and O–H groups in total. The Morgan fingerprint density at radius 2 is 2.19 bits per heavy atom. The highest BCUT2D eigenvalue weighted by molar-refractivity contribution is 6.04. The Hall–Kier alpha value is -2.54. The van der Waals surface area contributed by atoms with Gasteiger partial charge in [-0.25, -0.2) is 0 Å². The average molecular weight is 372 g/mol. The number of carbonyl (C=O) groups excluding carboxylic acids is 2. The SMILES string of the molecule is COCCN1C(=O)c2oc3cc(C(=O)NC4CCC4)ccc3c2OC[C@H]1C. The molecule has 0 radical (unpaired) electrons. The van der Waals surface area contributed by atoms with Crippen LogP contribution in [0.1, 0.15) is 47.1 Å². The molecular formula is C20H24N2O5. The molecule has 27 heavy (non-hydrogen) atoms. The van der Waals surface area contributed by atoms with Crippen molar-refractivity contribution in [2.24, 2.45) is 0 Å². The first-order chi connectivity index (χ1) is 13.1. The molecule has 2 aliphatic rings. The number of benzene rings is 1. The van der Waals surface area contributed by atoms with Gasteiger partial charge in [0.2, 0.25) is 5.76 Å². The normalized spacial score (nSPS) is 20.0. The summed E-state index contributed by atoms with van der Waals surface area (Å²) in [7, 11) is 1.60. The fourth-order valence-corrected chi connectivity index (χ4v) is 3.46. The Labute approximate surface area is 157 Å². The summed E-state index contributed by atoms with van der Waals surface area (Å²) in [6, 6.07) is 5.39. The Morgan fingerprint density at radius 1 is 1.37 bits per heavy atom. The lowest BCUT2D eigenvalue weighted by atomic mass is 9.93. The van der Waals surface area contributed by atoms with E-state index in [1.807, 2.05) is 6.92 Å². The van der Waals surface area contributed by atoms with Crippen LogP contribution in [0, 0.1) is 0 Å². The minimum atomic E-state index is -0.219. The van der Waals surface area contributed by atoms with E-state index >= 15 is 0 Å². The molecule has 2 heterocycles. The standard InChI is InChI=1S/C20H24N2O5/c1-12-11-26-17-15-7-6-13(19(23)21-14-4-3-5-14)10-16(15)27-18(17)20(24)22(12)8-9-25-2/h6-7,10,12,14H,3-5,8-9,11H2,1-2H3,(H,21,23)/t12-/m1/s1. The van der Waals surface area contributed by atoms with Crippen LogP contribution in [0.4, 0.5) is 0 Å². The molecule has 7 heteroatoms.